The minimum Gasteiger partial charge on any atom is -0.339 e. The summed E-state index contributed by atoms with van der Waals surface area (Å²) in [4.78, 5) is 27.1. The number of para-hydroxylation sites is 1. The summed E-state index contributed by atoms with van der Waals surface area (Å²) in [6.45, 7) is 0.771. The Morgan fingerprint density at radius 2 is 1.85 bits per heavy atom. The van der Waals surface area contributed by atoms with E-state index in [-0.39, 0.29) is 11.5 Å². The number of hydrogen-bond acceptors (Lipinski definition) is 3. The van der Waals surface area contributed by atoms with Gasteiger partial charge in [-0.15, -0.1) is 0 Å². The van der Waals surface area contributed by atoms with Crippen LogP contribution >= 0.6 is 0 Å². The number of benzene rings is 2. The molecule has 4 rings (SSSR count). The molecule has 1 N–H and O–H groups in total. The van der Waals surface area contributed by atoms with E-state index < -0.39 is 23.3 Å². The second-order valence-electron chi connectivity index (χ2n) is 6.69. The Morgan fingerprint density at radius 1 is 1.07 bits per heavy atom. The monoisotopic (exact) mass is 369 g/mol. The van der Waals surface area contributed by atoms with Gasteiger partial charge in [-0.05, 0) is 37.1 Å². The molecule has 2 aromatic carbocycles. The highest BCUT2D eigenvalue weighted by atomic mass is 19.1. The van der Waals surface area contributed by atoms with E-state index in [2.05, 4.69) is 10.2 Å². The summed E-state index contributed by atoms with van der Waals surface area (Å²) in [6.07, 6.45) is 2.49. The fourth-order valence-corrected chi connectivity index (χ4v) is 3.57. The maximum Gasteiger partial charge on any atom is 0.256 e. The normalized spacial score (nSPS) is 15.3. The Labute approximate surface area is 154 Å². The van der Waals surface area contributed by atoms with Crippen molar-refractivity contribution in [2.24, 2.45) is 5.92 Å². The average molecular weight is 369 g/mol. The maximum absolute atomic E-state index is 13.9. The van der Waals surface area contributed by atoms with Crippen molar-refractivity contribution in [2.45, 2.75) is 12.8 Å². The zero-order valence-electron chi connectivity index (χ0n) is 14.4. The second-order valence-corrected chi connectivity index (χ2v) is 6.69. The van der Waals surface area contributed by atoms with Crippen LogP contribution in [0.15, 0.2) is 42.6 Å². The van der Waals surface area contributed by atoms with Crippen molar-refractivity contribution in [3.63, 3.8) is 0 Å². The second kappa shape index (κ2) is 6.90. The lowest BCUT2D eigenvalue weighted by molar-refractivity contribution is 0.0650. The summed E-state index contributed by atoms with van der Waals surface area (Å²) in [5.74, 6) is -2.32. The van der Waals surface area contributed by atoms with E-state index in [1.54, 1.807) is 23.2 Å². The molecule has 0 spiro atoms. The molecule has 138 valence electrons. The molecule has 0 saturated carbocycles. The smallest absolute Gasteiger partial charge is 0.256 e. The lowest BCUT2D eigenvalue weighted by Crippen LogP contribution is -2.40. The van der Waals surface area contributed by atoms with Crippen molar-refractivity contribution in [1.29, 1.82) is 0 Å². The lowest BCUT2D eigenvalue weighted by Gasteiger charge is -2.31. The molecule has 2 heterocycles. The van der Waals surface area contributed by atoms with Gasteiger partial charge in [0.15, 0.2) is 5.78 Å². The summed E-state index contributed by atoms with van der Waals surface area (Å²) >= 11 is 0. The van der Waals surface area contributed by atoms with Gasteiger partial charge in [-0.1, -0.05) is 12.1 Å². The van der Waals surface area contributed by atoms with Gasteiger partial charge in [0.2, 0.25) is 0 Å². The average Bonchev–Trinajstić information content (AvgIpc) is 3.18. The predicted molar refractivity (Wildman–Crippen MR) is 95.4 cm³/mol. The van der Waals surface area contributed by atoms with Crippen molar-refractivity contribution in [3.8, 4) is 0 Å². The Hall–Kier alpha value is -3.09. The zero-order chi connectivity index (χ0) is 19.0. The molecule has 0 aliphatic carbocycles. The van der Waals surface area contributed by atoms with Crippen LogP contribution in [-0.4, -0.2) is 39.9 Å². The molecular formula is C20H17F2N3O2. The van der Waals surface area contributed by atoms with Gasteiger partial charge in [-0.25, -0.2) is 8.78 Å². The molecule has 1 fully saturated rings. The van der Waals surface area contributed by atoms with Crippen LogP contribution in [0.25, 0.3) is 10.9 Å². The summed E-state index contributed by atoms with van der Waals surface area (Å²) in [5, 5.41) is 7.66. The van der Waals surface area contributed by atoms with Gasteiger partial charge in [0.05, 0.1) is 22.8 Å². The Balaban J connectivity index is 1.47. The Kier molecular flexibility index (Phi) is 4.43. The van der Waals surface area contributed by atoms with E-state index in [0.29, 0.717) is 37.0 Å². The predicted octanol–water partition coefficient (Wildman–Crippen LogP) is 3.58. The number of nitrogens with zero attached hydrogens (tertiary/aromatic N) is 2. The number of piperidine rings is 1. The first-order chi connectivity index (χ1) is 13.0. The summed E-state index contributed by atoms with van der Waals surface area (Å²) in [6, 6.07) is 8.30. The SMILES string of the molecule is O=C(c1cc(F)ccc1F)C1CCN(C(=O)c2cccc3cn[nH]c23)CC1. The van der Waals surface area contributed by atoms with Gasteiger partial charge in [0.1, 0.15) is 11.6 Å². The number of likely N-dealkylation sites (tertiary alicyclic amines) is 1. The number of halogens is 2. The van der Waals surface area contributed by atoms with Gasteiger partial charge in [0.25, 0.3) is 5.91 Å². The molecule has 0 radical (unpaired) electrons. The molecule has 1 aliphatic rings. The molecule has 0 unspecified atom stereocenters. The largest absolute Gasteiger partial charge is 0.339 e. The van der Waals surface area contributed by atoms with E-state index in [4.69, 9.17) is 0 Å². The molecule has 1 saturated heterocycles. The number of Topliss-reactive ketones (excluding diaryl/α,β-unsaturated/α-hetero) is 1. The molecule has 27 heavy (non-hydrogen) atoms. The van der Waals surface area contributed by atoms with Crippen LogP contribution in [0.4, 0.5) is 8.78 Å². The van der Waals surface area contributed by atoms with Crippen molar-refractivity contribution >= 4 is 22.6 Å². The fourth-order valence-electron chi connectivity index (χ4n) is 3.57. The third-order valence-electron chi connectivity index (χ3n) is 5.05. The number of hydrogen-bond donors (Lipinski definition) is 1. The van der Waals surface area contributed by atoms with Gasteiger partial charge in [-0.3, -0.25) is 14.7 Å². The number of carbonyl (C=O) groups is 2. The van der Waals surface area contributed by atoms with Gasteiger partial charge in [0, 0.05) is 24.4 Å². The molecule has 1 aromatic heterocycles. The van der Waals surface area contributed by atoms with Crippen LogP contribution in [0, 0.1) is 17.6 Å². The van der Waals surface area contributed by atoms with Crippen molar-refractivity contribution in [3.05, 3.63) is 65.4 Å². The molecule has 1 amide bonds. The highest BCUT2D eigenvalue weighted by molar-refractivity contribution is 6.05. The highest BCUT2D eigenvalue weighted by Gasteiger charge is 2.30. The maximum atomic E-state index is 13.9. The van der Waals surface area contributed by atoms with Crippen LogP contribution < -0.4 is 0 Å². The fraction of sp³-hybridized carbons (Fsp3) is 0.250. The molecule has 3 aromatic rings. The van der Waals surface area contributed by atoms with Gasteiger partial charge >= 0.3 is 0 Å². The van der Waals surface area contributed by atoms with Gasteiger partial charge in [-0.2, -0.15) is 5.10 Å². The molecular weight excluding hydrogens is 352 g/mol. The van der Waals surface area contributed by atoms with E-state index in [0.717, 1.165) is 23.6 Å². The third kappa shape index (κ3) is 3.20. The third-order valence-corrected chi connectivity index (χ3v) is 5.05. The Morgan fingerprint density at radius 3 is 2.63 bits per heavy atom. The zero-order valence-corrected chi connectivity index (χ0v) is 14.4. The number of rotatable bonds is 3. The first-order valence-electron chi connectivity index (χ1n) is 8.75. The van der Waals surface area contributed by atoms with E-state index in [1.165, 1.54) is 0 Å². The number of H-pyrrole nitrogens is 1. The molecule has 1 aliphatic heterocycles. The topological polar surface area (TPSA) is 66.1 Å². The van der Waals surface area contributed by atoms with Crippen LogP contribution in [-0.2, 0) is 0 Å². The summed E-state index contributed by atoms with van der Waals surface area (Å²) in [5.41, 5.74) is 0.996. The molecule has 7 heteroatoms. The van der Waals surface area contributed by atoms with Crippen LogP contribution in [0.2, 0.25) is 0 Å². The van der Waals surface area contributed by atoms with E-state index in [9.17, 15) is 18.4 Å². The molecule has 0 bridgehead atoms. The number of nitrogens with one attached hydrogen (secondary N) is 1. The number of carbonyl (C=O) groups excluding carboxylic acids is 2. The van der Waals surface area contributed by atoms with E-state index >= 15 is 0 Å². The van der Waals surface area contributed by atoms with Crippen LogP contribution in [0.3, 0.4) is 0 Å². The standard InChI is InChI=1S/C20H17F2N3O2/c21-14-4-5-17(22)16(10-14)19(26)12-6-8-25(9-7-12)20(27)15-3-1-2-13-11-23-24-18(13)15/h1-5,10-12H,6-9H2,(H,23,24). The van der Waals surface area contributed by atoms with Gasteiger partial charge < -0.3 is 4.90 Å². The number of aromatic nitrogens is 2. The summed E-state index contributed by atoms with van der Waals surface area (Å²) < 4.78 is 27.2. The number of ketones is 1. The quantitative estimate of drug-likeness (QED) is 0.718. The summed E-state index contributed by atoms with van der Waals surface area (Å²) in [7, 11) is 0. The minimum absolute atomic E-state index is 0.132. The number of amides is 1. The number of fused-ring (bicyclic) bond motifs is 1. The first kappa shape index (κ1) is 17.3. The highest BCUT2D eigenvalue weighted by Crippen LogP contribution is 2.26. The number of aromatic amines is 1. The van der Waals surface area contributed by atoms with Crippen LogP contribution in [0.5, 0.6) is 0 Å². The lowest BCUT2D eigenvalue weighted by atomic mass is 9.88. The Bertz CT molecular complexity index is 1020. The minimum atomic E-state index is -0.717. The van der Waals surface area contributed by atoms with Crippen molar-refractivity contribution in [2.75, 3.05) is 13.1 Å². The molecule has 0 atom stereocenters. The van der Waals surface area contributed by atoms with Crippen molar-refractivity contribution in [1.82, 2.24) is 15.1 Å². The van der Waals surface area contributed by atoms with E-state index in [1.807, 2.05) is 6.07 Å². The first-order valence-corrected chi connectivity index (χ1v) is 8.75. The van der Waals surface area contributed by atoms with Crippen LogP contribution in [0.1, 0.15) is 33.6 Å². The van der Waals surface area contributed by atoms with Crippen molar-refractivity contribution < 1.29 is 18.4 Å². The molecule has 5 nitrogen and oxygen atoms in total.